The molecule has 0 fully saturated rings. The molecule has 19 heavy (non-hydrogen) atoms. The van der Waals surface area contributed by atoms with Crippen molar-refractivity contribution in [1.82, 2.24) is 20.1 Å². The van der Waals surface area contributed by atoms with Crippen molar-refractivity contribution in [3.05, 3.63) is 47.0 Å². The largest absolute Gasteiger partial charge is 0.306 e. The third kappa shape index (κ3) is 3.33. The first-order chi connectivity index (χ1) is 9.26. The number of halogens is 1. The van der Waals surface area contributed by atoms with Gasteiger partial charge in [0.2, 0.25) is 0 Å². The minimum atomic E-state index is 0.0612. The van der Waals surface area contributed by atoms with Crippen LogP contribution >= 0.6 is 11.6 Å². The summed E-state index contributed by atoms with van der Waals surface area (Å²) in [6.45, 7) is 6.02. The van der Waals surface area contributed by atoms with E-state index in [-0.39, 0.29) is 6.04 Å². The first kappa shape index (κ1) is 14.0. The van der Waals surface area contributed by atoms with E-state index in [1.807, 2.05) is 16.9 Å². The number of aromatic nitrogens is 3. The summed E-state index contributed by atoms with van der Waals surface area (Å²) in [5.74, 6) is 0. The van der Waals surface area contributed by atoms with Crippen molar-refractivity contribution < 1.29 is 0 Å². The molecule has 0 saturated carbocycles. The van der Waals surface area contributed by atoms with Gasteiger partial charge >= 0.3 is 0 Å². The van der Waals surface area contributed by atoms with Gasteiger partial charge in [-0.2, -0.15) is 5.10 Å². The van der Waals surface area contributed by atoms with Gasteiger partial charge in [-0.15, -0.1) is 0 Å². The lowest BCUT2D eigenvalue weighted by atomic mass is 10.0. The molecule has 0 saturated heterocycles. The van der Waals surface area contributed by atoms with Gasteiger partial charge in [0.1, 0.15) is 0 Å². The van der Waals surface area contributed by atoms with Crippen molar-refractivity contribution in [2.75, 3.05) is 6.54 Å². The zero-order chi connectivity index (χ0) is 13.7. The third-order valence-electron chi connectivity index (χ3n) is 2.96. The number of aryl methyl sites for hydroxylation is 1. The van der Waals surface area contributed by atoms with E-state index in [1.165, 1.54) is 0 Å². The van der Waals surface area contributed by atoms with Crippen LogP contribution in [0.15, 0.2) is 30.9 Å². The van der Waals surface area contributed by atoms with E-state index in [4.69, 9.17) is 11.6 Å². The molecule has 0 aromatic carbocycles. The SMILES string of the molecule is CCCn1cc(C(NCC)c2ccncc2Cl)cn1. The van der Waals surface area contributed by atoms with Crippen LogP contribution in [0.25, 0.3) is 0 Å². The van der Waals surface area contributed by atoms with Crippen LogP contribution in [0.2, 0.25) is 5.02 Å². The van der Waals surface area contributed by atoms with Crippen molar-refractivity contribution >= 4 is 11.6 Å². The molecule has 2 heterocycles. The predicted molar refractivity (Wildman–Crippen MR) is 77.3 cm³/mol. The Morgan fingerprint density at radius 2 is 2.21 bits per heavy atom. The Labute approximate surface area is 118 Å². The van der Waals surface area contributed by atoms with Crippen LogP contribution in [0.4, 0.5) is 0 Å². The van der Waals surface area contributed by atoms with Crippen LogP contribution < -0.4 is 5.32 Å². The Kier molecular flexibility index (Phi) is 4.93. The zero-order valence-corrected chi connectivity index (χ0v) is 12.1. The minimum Gasteiger partial charge on any atom is -0.306 e. The van der Waals surface area contributed by atoms with Gasteiger partial charge < -0.3 is 5.32 Å². The fraction of sp³-hybridized carbons (Fsp3) is 0.429. The molecule has 0 radical (unpaired) electrons. The van der Waals surface area contributed by atoms with Gasteiger partial charge in [0.25, 0.3) is 0 Å². The molecule has 0 spiro atoms. The van der Waals surface area contributed by atoms with Crippen LogP contribution in [0.3, 0.4) is 0 Å². The van der Waals surface area contributed by atoms with Crippen LogP contribution in [-0.2, 0) is 6.54 Å². The maximum Gasteiger partial charge on any atom is 0.0640 e. The molecule has 2 rings (SSSR count). The molecule has 1 atom stereocenters. The van der Waals surface area contributed by atoms with E-state index in [9.17, 15) is 0 Å². The average Bonchev–Trinajstić information content (AvgIpc) is 2.86. The standard InChI is InChI=1S/C14H19ClN4/c1-3-7-19-10-11(8-18-19)14(17-4-2)12-5-6-16-9-13(12)15/h5-6,8-10,14,17H,3-4,7H2,1-2H3. The van der Waals surface area contributed by atoms with Gasteiger partial charge in [-0.1, -0.05) is 25.4 Å². The van der Waals surface area contributed by atoms with Crippen molar-refractivity contribution in [3.63, 3.8) is 0 Å². The number of hydrogen-bond acceptors (Lipinski definition) is 3. The second-order valence-corrected chi connectivity index (χ2v) is 4.83. The zero-order valence-electron chi connectivity index (χ0n) is 11.3. The number of pyridine rings is 1. The van der Waals surface area contributed by atoms with Crippen molar-refractivity contribution in [2.24, 2.45) is 0 Å². The summed E-state index contributed by atoms with van der Waals surface area (Å²) in [5.41, 5.74) is 2.16. The monoisotopic (exact) mass is 278 g/mol. The third-order valence-corrected chi connectivity index (χ3v) is 3.28. The highest BCUT2D eigenvalue weighted by Crippen LogP contribution is 2.27. The molecule has 102 valence electrons. The molecule has 0 aliphatic carbocycles. The highest BCUT2D eigenvalue weighted by atomic mass is 35.5. The lowest BCUT2D eigenvalue weighted by molar-refractivity contribution is 0.597. The fourth-order valence-corrected chi connectivity index (χ4v) is 2.34. The summed E-state index contributed by atoms with van der Waals surface area (Å²) >= 11 is 6.24. The summed E-state index contributed by atoms with van der Waals surface area (Å²) in [4.78, 5) is 4.04. The Morgan fingerprint density at radius 3 is 2.89 bits per heavy atom. The number of nitrogens with zero attached hydrogens (tertiary/aromatic N) is 3. The molecule has 5 heteroatoms. The van der Waals surface area contributed by atoms with Crippen molar-refractivity contribution in [3.8, 4) is 0 Å². The van der Waals surface area contributed by atoms with Crippen LogP contribution in [0, 0.1) is 0 Å². The molecule has 2 aromatic heterocycles. The normalized spacial score (nSPS) is 12.6. The van der Waals surface area contributed by atoms with Gasteiger partial charge in [0, 0.05) is 30.7 Å². The van der Waals surface area contributed by atoms with E-state index in [0.717, 1.165) is 30.6 Å². The summed E-state index contributed by atoms with van der Waals surface area (Å²) in [6.07, 6.45) is 8.50. The molecule has 0 aliphatic heterocycles. The molecular weight excluding hydrogens is 260 g/mol. The first-order valence-corrected chi connectivity index (χ1v) is 6.99. The van der Waals surface area contributed by atoms with Crippen LogP contribution in [0.1, 0.15) is 37.4 Å². The average molecular weight is 279 g/mol. The number of nitrogens with one attached hydrogen (secondary N) is 1. The lowest BCUT2D eigenvalue weighted by Gasteiger charge is -2.17. The van der Waals surface area contributed by atoms with Gasteiger partial charge in [-0.05, 0) is 24.6 Å². The molecule has 1 unspecified atom stereocenters. The highest BCUT2D eigenvalue weighted by molar-refractivity contribution is 6.31. The molecule has 0 amide bonds. The van der Waals surface area contributed by atoms with Gasteiger partial charge in [0.15, 0.2) is 0 Å². The van der Waals surface area contributed by atoms with Gasteiger partial charge in [-0.3, -0.25) is 9.67 Å². The summed E-state index contributed by atoms with van der Waals surface area (Å²) in [5, 5.41) is 8.51. The van der Waals surface area contributed by atoms with Gasteiger partial charge in [0.05, 0.1) is 17.3 Å². The van der Waals surface area contributed by atoms with Gasteiger partial charge in [-0.25, -0.2) is 0 Å². The van der Waals surface area contributed by atoms with E-state index >= 15 is 0 Å². The Hall–Kier alpha value is -1.39. The van der Waals surface area contributed by atoms with Crippen LogP contribution in [-0.4, -0.2) is 21.3 Å². The van der Waals surface area contributed by atoms with E-state index in [2.05, 4.69) is 35.4 Å². The Balaban J connectivity index is 2.31. The summed E-state index contributed by atoms with van der Waals surface area (Å²) < 4.78 is 1.97. The van der Waals surface area contributed by atoms with E-state index in [0.29, 0.717) is 5.02 Å². The molecule has 0 aliphatic rings. The summed E-state index contributed by atoms with van der Waals surface area (Å²) in [6, 6.07) is 2.01. The molecule has 1 N–H and O–H groups in total. The topological polar surface area (TPSA) is 42.7 Å². The maximum absolute atomic E-state index is 6.24. The number of hydrogen-bond donors (Lipinski definition) is 1. The highest BCUT2D eigenvalue weighted by Gasteiger charge is 2.17. The van der Waals surface area contributed by atoms with Crippen molar-refractivity contribution in [2.45, 2.75) is 32.9 Å². The summed E-state index contributed by atoms with van der Waals surface area (Å²) in [7, 11) is 0. The van der Waals surface area contributed by atoms with Crippen LogP contribution in [0.5, 0.6) is 0 Å². The molecule has 2 aromatic rings. The second kappa shape index (κ2) is 6.68. The van der Waals surface area contributed by atoms with E-state index in [1.54, 1.807) is 12.4 Å². The van der Waals surface area contributed by atoms with E-state index < -0.39 is 0 Å². The van der Waals surface area contributed by atoms with Crippen molar-refractivity contribution in [1.29, 1.82) is 0 Å². The Morgan fingerprint density at radius 1 is 1.37 bits per heavy atom. The number of rotatable bonds is 6. The first-order valence-electron chi connectivity index (χ1n) is 6.61. The lowest BCUT2D eigenvalue weighted by Crippen LogP contribution is -2.22. The molecule has 4 nitrogen and oxygen atoms in total. The second-order valence-electron chi connectivity index (χ2n) is 4.42. The fourth-order valence-electron chi connectivity index (χ4n) is 2.11. The Bertz CT molecular complexity index is 524. The maximum atomic E-state index is 6.24. The predicted octanol–water partition coefficient (Wildman–Crippen LogP) is 3.04. The quantitative estimate of drug-likeness (QED) is 0.883. The molecule has 0 bridgehead atoms. The smallest absolute Gasteiger partial charge is 0.0640 e. The minimum absolute atomic E-state index is 0.0612. The molecular formula is C14H19ClN4.